The van der Waals surface area contributed by atoms with Crippen molar-refractivity contribution in [3.63, 3.8) is 0 Å². The molecular weight excluding hydrogens is 434 g/mol. The van der Waals surface area contributed by atoms with Gasteiger partial charge in [-0.1, -0.05) is 24.3 Å². The molecule has 0 aliphatic rings. The topological polar surface area (TPSA) is 98.8 Å². The van der Waals surface area contributed by atoms with Gasteiger partial charge in [0.2, 0.25) is 0 Å². The number of hydrogen-bond donors (Lipinski definition) is 1. The third kappa shape index (κ3) is 5.39. The summed E-state index contributed by atoms with van der Waals surface area (Å²) < 4.78 is 15.9. The van der Waals surface area contributed by atoms with Crippen molar-refractivity contribution in [1.82, 2.24) is 0 Å². The van der Waals surface area contributed by atoms with Crippen molar-refractivity contribution in [1.29, 1.82) is 0 Å². The minimum absolute atomic E-state index is 0.181. The number of hydrogen-bond acceptors (Lipinski definition) is 6. The first-order valence-corrected chi connectivity index (χ1v) is 10.6. The maximum Gasteiger partial charge on any atom is 0.338 e. The lowest BCUT2D eigenvalue weighted by Gasteiger charge is -2.04. The van der Waals surface area contributed by atoms with Gasteiger partial charge in [0.05, 0.1) is 18.4 Å². The van der Waals surface area contributed by atoms with Crippen LogP contribution in [-0.4, -0.2) is 24.3 Å². The number of esters is 1. The molecule has 7 heteroatoms. The number of nitrogens with one attached hydrogen (secondary N) is 1. The quantitative estimate of drug-likeness (QED) is 0.203. The second-order valence-electron chi connectivity index (χ2n) is 7.21. The fraction of sp³-hybridized carbons (Fsp3) is 0.0741. The van der Waals surface area contributed by atoms with Crippen LogP contribution in [0.25, 0.3) is 17.4 Å². The number of carbonyl (C=O) groups is 3. The molecule has 0 saturated heterocycles. The first kappa shape index (κ1) is 22.5. The van der Waals surface area contributed by atoms with Crippen molar-refractivity contribution in [3.8, 4) is 11.3 Å². The summed E-state index contributed by atoms with van der Waals surface area (Å²) in [6, 6.07) is 20.2. The highest BCUT2D eigenvalue weighted by molar-refractivity contribution is 6.08. The number of ketones is 1. The minimum atomic E-state index is -0.399. The molecule has 0 unspecified atom stereocenters. The van der Waals surface area contributed by atoms with Crippen LogP contribution in [-0.2, 0) is 4.74 Å². The van der Waals surface area contributed by atoms with Gasteiger partial charge < -0.3 is 18.9 Å². The third-order valence-corrected chi connectivity index (χ3v) is 4.86. The number of ether oxygens (including phenoxy) is 1. The smallest absolute Gasteiger partial charge is 0.338 e. The molecule has 2 aromatic carbocycles. The SMILES string of the molecule is CCOC(=O)c1ccc(-c2ccc(/C=C/C(=O)c3cccc(NC(=O)c4ccco4)c3)o2)cc1. The normalized spacial score (nSPS) is 10.9. The Morgan fingerprint density at radius 2 is 1.76 bits per heavy atom. The Kier molecular flexibility index (Phi) is 6.84. The molecule has 4 rings (SSSR count). The predicted octanol–water partition coefficient (Wildman–Crippen LogP) is 5.86. The van der Waals surface area contributed by atoms with Crippen LogP contribution in [0.4, 0.5) is 5.69 Å². The molecule has 2 heterocycles. The van der Waals surface area contributed by atoms with Crippen LogP contribution in [0, 0.1) is 0 Å². The number of anilines is 1. The molecule has 7 nitrogen and oxygen atoms in total. The summed E-state index contributed by atoms with van der Waals surface area (Å²) in [7, 11) is 0. The van der Waals surface area contributed by atoms with Crippen LogP contribution in [0.3, 0.4) is 0 Å². The number of allylic oxidation sites excluding steroid dienone is 1. The van der Waals surface area contributed by atoms with Gasteiger partial charge in [-0.25, -0.2) is 4.79 Å². The van der Waals surface area contributed by atoms with E-state index in [4.69, 9.17) is 13.6 Å². The average Bonchev–Trinajstić information content (AvgIpc) is 3.56. The largest absolute Gasteiger partial charge is 0.462 e. The molecule has 1 N–H and O–H groups in total. The Bertz CT molecular complexity index is 1330. The molecule has 0 atom stereocenters. The average molecular weight is 455 g/mol. The van der Waals surface area contributed by atoms with Crippen LogP contribution >= 0.6 is 0 Å². The number of amides is 1. The van der Waals surface area contributed by atoms with Crippen LogP contribution in [0.5, 0.6) is 0 Å². The lowest BCUT2D eigenvalue weighted by molar-refractivity contribution is 0.0526. The first-order chi connectivity index (χ1) is 16.5. The zero-order chi connectivity index (χ0) is 23.9. The maximum atomic E-state index is 12.6. The fourth-order valence-corrected chi connectivity index (χ4v) is 3.19. The monoisotopic (exact) mass is 455 g/mol. The van der Waals surface area contributed by atoms with E-state index in [1.165, 1.54) is 12.3 Å². The molecule has 0 spiro atoms. The summed E-state index contributed by atoms with van der Waals surface area (Å²) in [4.78, 5) is 36.5. The van der Waals surface area contributed by atoms with Crippen molar-refractivity contribution < 1.29 is 28.0 Å². The van der Waals surface area contributed by atoms with Gasteiger partial charge in [0, 0.05) is 16.8 Å². The molecule has 34 heavy (non-hydrogen) atoms. The Morgan fingerprint density at radius 1 is 0.941 bits per heavy atom. The van der Waals surface area contributed by atoms with Crippen molar-refractivity contribution in [2.45, 2.75) is 6.92 Å². The van der Waals surface area contributed by atoms with Gasteiger partial charge in [-0.15, -0.1) is 0 Å². The highest BCUT2D eigenvalue weighted by Gasteiger charge is 2.11. The number of furan rings is 2. The summed E-state index contributed by atoms with van der Waals surface area (Å²) in [6.07, 6.45) is 4.39. The molecular formula is C27H21NO6. The van der Waals surface area contributed by atoms with Crippen molar-refractivity contribution in [2.75, 3.05) is 11.9 Å². The van der Waals surface area contributed by atoms with Crippen molar-refractivity contribution >= 4 is 29.4 Å². The van der Waals surface area contributed by atoms with Gasteiger partial charge in [-0.05, 0) is 67.6 Å². The lowest BCUT2D eigenvalue weighted by atomic mass is 10.1. The number of rotatable bonds is 8. The first-order valence-electron chi connectivity index (χ1n) is 10.6. The molecule has 0 saturated carbocycles. The third-order valence-electron chi connectivity index (χ3n) is 4.86. The van der Waals surface area contributed by atoms with Gasteiger partial charge >= 0.3 is 5.97 Å². The second-order valence-corrected chi connectivity index (χ2v) is 7.21. The van der Waals surface area contributed by atoms with E-state index >= 15 is 0 Å². The van der Waals surface area contributed by atoms with E-state index < -0.39 is 5.91 Å². The zero-order valence-electron chi connectivity index (χ0n) is 18.3. The van der Waals surface area contributed by atoms with E-state index in [9.17, 15) is 14.4 Å². The summed E-state index contributed by atoms with van der Waals surface area (Å²) in [5.41, 5.74) is 2.14. The van der Waals surface area contributed by atoms with Crippen molar-refractivity contribution in [3.05, 3.63) is 108 Å². The van der Waals surface area contributed by atoms with Gasteiger partial charge in [-0.3, -0.25) is 9.59 Å². The van der Waals surface area contributed by atoms with Gasteiger partial charge in [0.25, 0.3) is 5.91 Å². The summed E-state index contributed by atoms with van der Waals surface area (Å²) >= 11 is 0. The van der Waals surface area contributed by atoms with Crippen LogP contribution < -0.4 is 5.32 Å². The molecule has 1 amide bonds. The van der Waals surface area contributed by atoms with Crippen LogP contribution in [0.1, 0.15) is 44.0 Å². The van der Waals surface area contributed by atoms with Gasteiger partial charge in [-0.2, -0.15) is 0 Å². The van der Waals surface area contributed by atoms with E-state index in [0.717, 1.165) is 5.56 Å². The highest BCUT2D eigenvalue weighted by Crippen LogP contribution is 2.24. The standard InChI is InChI=1S/C27H21NO6/c1-2-32-27(31)19-10-8-18(9-11-19)24-15-13-22(34-24)12-14-23(29)20-5-3-6-21(17-20)28-26(30)25-7-4-16-33-25/h3-17H,2H2,1H3,(H,28,30)/b14-12+. The van der Waals surface area contributed by atoms with E-state index in [-0.39, 0.29) is 17.5 Å². The molecule has 2 aromatic heterocycles. The molecule has 170 valence electrons. The second kappa shape index (κ2) is 10.3. The Morgan fingerprint density at radius 3 is 2.50 bits per heavy atom. The van der Waals surface area contributed by atoms with Crippen molar-refractivity contribution in [2.24, 2.45) is 0 Å². The van der Waals surface area contributed by atoms with E-state index in [1.54, 1.807) is 85.8 Å². The Labute approximate surface area is 195 Å². The summed E-state index contributed by atoms with van der Waals surface area (Å²) in [5.74, 6) is 0.264. The maximum absolute atomic E-state index is 12.6. The van der Waals surface area contributed by atoms with E-state index in [2.05, 4.69) is 5.32 Å². The van der Waals surface area contributed by atoms with Gasteiger partial charge in [0.1, 0.15) is 11.5 Å². The Balaban J connectivity index is 1.41. The molecule has 0 radical (unpaired) electrons. The molecule has 0 aliphatic carbocycles. The van der Waals surface area contributed by atoms with Gasteiger partial charge in [0.15, 0.2) is 11.5 Å². The lowest BCUT2D eigenvalue weighted by Crippen LogP contribution is -2.11. The zero-order valence-corrected chi connectivity index (χ0v) is 18.3. The summed E-state index contributed by atoms with van der Waals surface area (Å²) in [5, 5.41) is 2.70. The number of benzene rings is 2. The minimum Gasteiger partial charge on any atom is -0.462 e. The highest BCUT2D eigenvalue weighted by atomic mass is 16.5. The molecule has 4 aromatic rings. The fourth-order valence-electron chi connectivity index (χ4n) is 3.19. The van der Waals surface area contributed by atoms with Crippen LogP contribution in [0.15, 0.2) is 94.0 Å². The molecule has 0 bridgehead atoms. The number of carbonyl (C=O) groups excluding carboxylic acids is 3. The van der Waals surface area contributed by atoms with Crippen LogP contribution in [0.2, 0.25) is 0 Å². The molecule has 0 fully saturated rings. The summed E-state index contributed by atoms with van der Waals surface area (Å²) in [6.45, 7) is 2.07. The molecule has 0 aliphatic heterocycles. The van der Waals surface area contributed by atoms with E-state index in [1.807, 2.05) is 0 Å². The predicted molar refractivity (Wildman–Crippen MR) is 127 cm³/mol. The van der Waals surface area contributed by atoms with E-state index in [0.29, 0.717) is 34.9 Å². The Hall–Kier alpha value is -4.65.